The van der Waals surface area contributed by atoms with E-state index in [1.807, 2.05) is 0 Å². The minimum absolute atomic E-state index is 0.190. The van der Waals surface area contributed by atoms with E-state index in [1.165, 1.54) is 10.7 Å². The second-order valence-corrected chi connectivity index (χ2v) is 3.80. The molecule has 0 atom stereocenters. The number of hydrogen-bond donors (Lipinski definition) is 1. The summed E-state index contributed by atoms with van der Waals surface area (Å²) in [7, 11) is 0. The van der Waals surface area contributed by atoms with Crippen molar-refractivity contribution >= 4 is 23.4 Å². The van der Waals surface area contributed by atoms with Crippen LogP contribution in [0.15, 0.2) is 24.4 Å². The third kappa shape index (κ3) is 2.28. The number of pyridine rings is 1. The molecule has 0 aromatic carbocycles. The third-order valence-electron chi connectivity index (χ3n) is 2.15. The van der Waals surface area contributed by atoms with Gasteiger partial charge in [0.15, 0.2) is 11.5 Å². The SMILES string of the molecule is CCOC(=O)c1cc(N)nn1-c1ncccc1Cl. The van der Waals surface area contributed by atoms with Crippen molar-refractivity contribution < 1.29 is 9.53 Å². The molecule has 0 unspecified atom stereocenters. The Bertz CT molecular complexity index is 582. The molecule has 2 aromatic heterocycles. The van der Waals surface area contributed by atoms with Gasteiger partial charge in [0.05, 0.1) is 11.6 Å². The molecule has 7 heteroatoms. The predicted molar refractivity (Wildman–Crippen MR) is 66.7 cm³/mol. The molecule has 0 fully saturated rings. The monoisotopic (exact) mass is 266 g/mol. The molecular weight excluding hydrogens is 256 g/mol. The van der Waals surface area contributed by atoms with Gasteiger partial charge in [-0.3, -0.25) is 0 Å². The maximum absolute atomic E-state index is 11.8. The number of esters is 1. The molecular formula is C11H11ClN4O2. The lowest BCUT2D eigenvalue weighted by molar-refractivity contribution is 0.0515. The number of carbonyl (C=O) groups is 1. The number of anilines is 1. The molecule has 0 bridgehead atoms. The highest BCUT2D eigenvalue weighted by Gasteiger charge is 2.18. The van der Waals surface area contributed by atoms with E-state index in [0.717, 1.165) is 0 Å². The van der Waals surface area contributed by atoms with Crippen LogP contribution in [0.2, 0.25) is 5.02 Å². The summed E-state index contributed by atoms with van der Waals surface area (Å²) in [6.07, 6.45) is 1.55. The van der Waals surface area contributed by atoms with Crippen molar-refractivity contribution in [3.63, 3.8) is 0 Å². The molecule has 2 heterocycles. The number of carbonyl (C=O) groups excluding carboxylic acids is 1. The minimum atomic E-state index is -0.525. The van der Waals surface area contributed by atoms with Crippen molar-refractivity contribution in [3.05, 3.63) is 35.1 Å². The fraction of sp³-hybridized carbons (Fsp3) is 0.182. The van der Waals surface area contributed by atoms with Crippen LogP contribution in [0.25, 0.3) is 5.82 Å². The summed E-state index contributed by atoms with van der Waals surface area (Å²) < 4.78 is 6.19. The summed E-state index contributed by atoms with van der Waals surface area (Å²) in [5.74, 6) is 0.00196. The van der Waals surface area contributed by atoms with Crippen LogP contribution in [-0.4, -0.2) is 27.3 Å². The molecule has 0 aliphatic rings. The molecule has 6 nitrogen and oxygen atoms in total. The molecule has 2 N–H and O–H groups in total. The highest BCUT2D eigenvalue weighted by Crippen LogP contribution is 2.20. The normalized spacial score (nSPS) is 10.3. The van der Waals surface area contributed by atoms with Gasteiger partial charge in [-0.2, -0.15) is 0 Å². The van der Waals surface area contributed by atoms with Gasteiger partial charge in [-0.25, -0.2) is 14.5 Å². The van der Waals surface area contributed by atoms with Crippen molar-refractivity contribution in [2.24, 2.45) is 0 Å². The summed E-state index contributed by atoms with van der Waals surface area (Å²) >= 11 is 6.01. The van der Waals surface area contributed by atoms with E-state index in [1.54, 1.807) is 25.3 Å². The zero-order chi connectivity index (χ0) is 13.1. The Kier molecular flexibility index (Phi) is 3.47. The highest BCUT2D eigenvalue weighted by atomic mass is 35.5. The maximum atomic E-state index is 11.8. The third-order valence-corrected chi connectivity index (χ3v) is 2.45. The average Bonchev–Trinajstić information content (AvgIpc) is 2.72. The molecule has 2 aromatic rings. The number of aromatic nitrogens is 3. The number of nitrogens with two attached hydrogens (primary N) is 1. The molecule has 0 radical (unpaired) electrons. The number of halogens is 1. The van der Waals surface area contributed by atoms with Gasteiger partial charge in [0.2, 0.25) is 0 Å². The van der Waals surface area contributed by atoms with Gasteiger partial charge < -0.3 is 10.5 Å². The van der Waals surface area contributed by atoms with E-state index < -0.39 is 5.97 Å². The number of rotatable bonds is 3. The fourth-order valence-corrected chi connectivity index (χ4v) is 1.65. The van der Waals surface area contributed by atoms with Gasteiger partial charge in [0, 0.05) is 12.3 Å². The highest BCUT2D eigenvalue weighted by molar-refractivity contribution is 6.32. The Hall–Kier alpha value is -2.08. The summed E-state index contributed by atoms with van der Waals surface area (Å²) in [4.78, 5) is 15.8. The zero-order valence-electron chi connectivity index (χ0n) is 9.63. The standard InChI is InChI=1S/C11H11ClN4O2/c1-2-18-11(17)8-6-9(13)15-16(8)10-7(12)4-3-5-14-10/h3-6H,2H2,1H3,(H2,13,15). The predicted octanol–water partition coefficient (Wildman–Crippen LogP) is 1.68. The molecule has 0 saturated carbocycles. The lowest BCUT2D eigenvalue weighted by Crippen LogP contribution is -2.13. The van der Waals surface area contributed by atoms with E-state index in [9.17, 15) is 4.79 Å². The summed E-state index contributed by atoms with van der Waals surface area (Å²) in [6, 6.07) is 4.75. The van der Waals surface area contributed by atoms with E-state index >= 15 is 0 Å². The molecule has 18 heavy (non-hydrogen) atoms. The van der Waals surface area contributed by atoms with Crippen LogP contribution in [0.3, 0.4) is 0 Å². The Morgan fingerprint density at radius 2 is 2.39 bits per heavy atom. The number of hydrogen-bond acceptors (Lipinski definition) is 5. The van der Waals surface area contributed by atoms with Crippen LogP contribution in [0, 0.1) is 0 Å². The second-order valence-electron chi connectivity index (χ2n) is 3.40. The van der Waals surface area contributed by atoms with Gasteiger partial charge in [-0.05, 0) is 19.1 Å². The van der Waals surface area contributed by atoms with Crippen molar-refractivity contribution in [2.45, 2.75) is 6.92 Å². The molecule has 0 aliphatic heterocycles. The Balaban J connectivity index is 2.51. The number of nitrogen functional groups attached to an aromatic ring is 1. The first kappa shape index (κ1) is 12.4. The van der Waals surface area contributed by atoms with Crippen LogP contribution < -0.4 is 5.73 Å². The summed E-state index contributed by atoms with van der Waals surface area (Å²) in [5.41, 5.74) is 5.78. The van der Waals surface area contributed by atoms with Crippen molar-refractivity contribution in [2.75, 3.05) is 12.3 Å². The zero-order valence-corrected chi connectivity index (χ0v) is 10.4. The van der Waals surface area contributed by atoms with Crippen molar-refractivity contribution in [1.82, 2.24) is 14.8 Å². The Morgan fingerprint density at radius 3 is 3.06 bits per heavy atom. The maximum Gasteiger partial charge on any atom is 0.357 e. The fourth-order valence-electron chi connectivity index (χ4n) is 1.44. The largest absolute Gasteiger partial charge is 0.461 e. The Morgan fingerprint density at radius 1 is 1.61 bits per heavy atom. The lowest BCUT2D eigenvalue weighted by atomic mass is 10.4. The number of ether oxygens (including phenoxy) is 1. The van der Waals surface area contributed by atoms with Crippen LogP contribution >= 0.6 is 11.6 Å². The Labute approximate surface area is 108 Å². The van der Waals surface area contributed by atoms with Gasteiger partial charge in [0.1, 0.15) is 5.82 Å². The smallest absolute Gasteiger partial charge is 0.357 e. The van der Waals surface area contributed by atoms with Gasteiger partial charge in [-0.15, -0.1) is 5.10 Å². The van der Waals surface area contributed by atoms with E-state index in [-0.39, 0.29) is 18.1 Å². The molecule has 0 spiro atoms. The quantitative estimate of drug-likeness (QED) is 0.855. The summed E-state index contributed by atoms with van der Waals surface area (Å²) in [6.45, 7) is 1.98. The number of nitrogens with zero attached hydrogens (tertiary/aromatic N) is 3. The van der Waals surface area contributed by atoms with Crippen LogP contribution in [0.1, 0.15) is 17.4 Å². The average molecular weight is 267 g/mol. The van der Waals surface area contributed by atoms with Crippen molar-refractivity contribution in [3.8, 4) is 5.82 Å². The topological polar surface area (TPSA) is 83.0 Å². The second kappa shape index (κ2) is 5.05. The molecule has 0 saturated heterocycles. The molecule has 0 aliphatic carbocycles. The molecule has 2 rings (SSSR count). The van der Waals surface area contributed by atoms with Crippen LogP contribution in [0.5, 0.6) is 0 Å². The minimum Gasteiger partial charge on any atom is -0.461 e. The van der Waals surface area contributed by atoms with Crippen LogP contribution in [-0.2, 0) is 4.74 Å². The van der Waals surface area contributed by atoms with Crippen LogP contribution in [0.4, 0.5) is 5.82 Å². The summed E-state index contributed by atoms with van der Waals surface area (Å²) in [5, 5.41) is 4.36. The molecule has 94 valence electrons. The first-order chi connectivity index (χ1) is 8.63. The van der Waals surface area contributed by atoms with Crippen molar-refractivity contribution in [1.29, 1.82) is 0 Å². The lowest BCUT2D eigenvalue weighted by Gasteiger charge is -2.06. The van der Waals surface area contributed by atoms with E-state index in [0.29, 0.717) is 10.8 Å². The van der Waals surface area contributed by atoms with Gasteiger partial charge >= 0.3 is 5.97 Å². The van der Waals surface area contributed by atoms with E-state index in [2.05, 4.69) is 10.1 Å². The first-order valence-corrected chi connectivity index (χ1v) is 5.64. The van der Waals surface area contributed by atoms with E-state index in [4.69, 9.17) is 22.1 Å². The van der Waals surface area contributed by atoms with Gasteiger partial charge in [0.25, 0.3) is 0 Å². The molecule has 0 amide bonds. The first-order valence-electron chi connectivity index (χ1n) is 5.27. The van der Waals surface area contributed by atoms with Gasteiger partial charge in [-0.1, -0.05) is 11.6 Å².